The summed E-state index contributed by atoms with van der Waals surface area (Å²) in [5.74, 6) is 0. The maximum Gasteiger partial charge on any atom is 0.0729 e. The van der Waals surface area contributed by atoms with Crippen molar-refractivity contribution in [2.24, 2.45) is 0 Å². The number of rotatable bonds is 1. The average Bonchev–Trinajstić information content (AvgIpc) is 2.05. The van der Waals surface area contributed by atoms with Crippen molar-refractivity contribution in [1.82, 2.24) is 4.90 Å². The van der Waals surface area contributed by atoms with Crippen LogP contribution >= 0.6 is 0 Å². The average molecular weight is 169 g/mol. The molecule has 0 aliphatic carbocycles. The van der Waals surface area contributed by atoms with Gasteiger partial charge in [-0.1, -0.05) is 0 Å². The van der Waals surface area contributed by atoms with E-state index in [1.54, 1.807) is 0 Å². The van der Waals surface area contributed by atoms with Gasteiger partial charge in [0, 0.05) is 18.1 Å². The van der Waals surface area contributed by atoms with Gasteiger partial charge in [-0.2, -0.15) is 0 Å². The highest BCUT2D eigenvalue weighted by atomic mass is 16.5. The Labute approximate surface area is 74.9 Å². The van der Waals surface area contributed by atoms with Crippen LogP contribution in [0, 0.1) is 0 Å². The molecule has 3 aliphatic rings. The van der Waals surface area contributed by atoms with Gasteiger partial charge in [-0.3, -0.25) is 4.90 Å². The van der Waals surface area contributed by atoms with Gasteiger partial charge < -0.3 is 4.74 Å². The zero-order chi connectivity index (χ0) is 8.72. The Morgan fingerprint density at radius 2 is 2.08 bits per heavy atom. The van der Waals surface area contributed by atoms with E-state index in [2.05, 4.69) is 25.7 Å². The molecule has 3 saturated heterocycles. The van der Waals surface area contributed by atoms with E-state index < -0.39 is 0 Å². The van der Waals surface area contributed by atoms with E-state index in [0.717, 1.165) is 6.61 Å². The molecule has 3 aliphatic heterocycles. The van der Waals surface area contributed by atoms with Crippen molar-refractivity contribution in [2.75, 3.05) is 6.61 Å². The van der Waals surface area contributed by atoms with Crippen LogP contribution in [0.3, 0.4) is 0 Å². The molecule has 0 spiro atoms. The molecule has 2 nitrogen and oxygen atoms in total. The molecule has 0 radical (unpaired) electrons. The summed E-state index contributed by atoms with van der Waals surface area (Å²) >= 11 is 0. The lowest BCUT2D eigenvalue weighted by Gasteiger charge is -2.51. The predicted octanol–water partition coefficient (Wildman–Crippen LogP) is 1.65. The molecule has 2 unspecified atom stereocenters. The van der Waals surface area contributed by atoms with Gasteiger partial charge in [0.05, 0.1) is 12.7 Å². The van der Waals surface area contributed by atoms with Crippen molar-refractivity contribution in [3.05, 3.63) is 0 Å². The van der Waals surface area contributed by atoms with E-state index in [-0.39, 0.29) is 0 Å². The summed E-state index contributed by atoms with van der Waals surface area (Å²) in [6.45, 7) is 7.84. The highest BCUT2D eigenvalue weighted by Gasteiger charge is 2.41. The smallest absolute Gasteiger partial charge is 0.0729 e. The number of morpholine rings is 1. The zero-order valence-corrected chi connectivity index (χ0v) is 8.29. The molecule has 0 aromatic rings. The van der Waals surface area contributed by atoms with E-state index in [9.17, 15) is 0 Å². The maximum absolute atomic E-state index is 5.73. The fourth-order valence-electron chi connectivity index (χ4n) is 2.79. The van der Waals surface area contributed by atoms with Gasteiger partial charge in [-0.15, -0.1) is 0 Å². The van der Waals surface area contributed by atoms with Crippen molar-refractivity contribution in [1.29, 1.82) is 0 Å². The number of hydrogen-bond donors (Lipinski definition) is 0. The van der Waals surface area contributed by atoms with Crippen LogP contribution in [0.5, 0.6) is 0 Å². The summed E-state index contributed by atoms with van der Waals surface area (Å²) in [6, 6.07) is 2.01. The Morgan fingerprint density at radius 3 is 2.42 bits per heavy atom. The van der Waals surface area contributed by atoms with E-state index in [1.807, 2.05) is 0 Å². The molecule has 70 valence electrons. The third kappa shape index (κ3) is 1.17. The molecule has 0 saturated carbocycles. The third-order valence-corrected chi connectivity index (χ3v) is 3.31. The highest BCUT2D eigenvalue weighted by Crippen LogP contribution is 2.32. The Bertz CT molecular complexity index is 159. The summed E-state index contributed by atoms with van der Waals surface area (Å²) in [4.78, 5) is 2.62. The number of hydrogen-bond acceptors (Lipinski definition) is 2. The molecule has 3 fully saturated rings. The first-order valence-corrected chi connectivity index (χ1v) is 5.09. The maximum atomic E-state index is 5.73. The van der Waals surface area contributed by atoms with Gasteiger partial charge in [-0.05, 0) is 33.6 Å². The number of fused-ring (bicyclic) bond motifs is 3. The molecular formula is C10H19NO. The van der Waals surface area contributed by atoms with Crippen LogP contribution < -0.4 is 0 Å². The van der Waals surface area contributed by atoms with Crippen LogP contribution in [0.25, 0.3) is 0 Å². The largest absolute Gasteiger partial charge is 0.375 e. The second-order valence-electron chi connectivity index (χ2n) is 4.38. The van der Waals surface area contributed by atoms with Crippen LogP contribution in [0.15, 0.2) is 0 Å². The molecule has 3 heterocycles. The lowest BCUT2D eigenvalue weighted by Crippen LogP contribution is -2.61. The standard InChI is InChI=1S/C10H19NO/c1-7(2)11-8(3)10-5-4-9(11)6-12-10/h7-10H,4-6H2,1-3H3/t8-,9?,10?/m0/s1. The first kappa shape index (κ1) is 8.52. The van der Waals surface area contributed by atoms with Crippen molar-refractivity contribution >= 4 is 0 Å². The Hall–Kier alpha value is -0.0800. The molecule has 3 rings (SSSR count). The molecule has 2 bridgehead atoms. The molecular weight excluding hydrogens is 150 g/mol. The molecule has 0 N–H and O–H groups in total. The van der Waals surface area contributed by atoms with Crippen molar-refractivity contribution in [3.8, 4) is 0 Å². The van der Waals surface area contributed by atoms with Crippen LogP contribution in [-0.4, -0.2) is 35.7 Å². The second kappa shape index (κ2) is 3.00. The first-order valence-electron chi connectivity index (χ1n) is 5.09. The van der Waals surface area contributed by atoms with Gasteiger partial charge in [0.15, 0.2) is 0 Å². The minimum absolute atomic E-state index is 0.511. The highest BCUT2D eigenvalue weighted by molar-refractivity contribution is 4.94. The second-order valence-corrected chi connectivity index (χ2v) is 4.38. The SMILES string of the molecule is CC(C)N1C2CCC(OC2)[C@@H]1C. The van der Waals surface area contributed by atoms with Gasteiger partial charge in [0.1, 0.15) is 0 Å². The Balaban J connectivity index is 2.12. The van der Waals surface area contributed by atoms with Gasteiger partial charge >= 0.3 is 0 Å². The normalized spacial score (nSPS) is 42.5. The first-order chi connectivity index (χ1) is 5.70. The third-order valence-electron chi connectivity index (χ3n) is 3.31. The molecule has 0 amide bonds. The van der Waals surface area contributed by atoms with Crippen LogP contribution in [0.2, 0.25) is 0 Å². The van der Waals surface area contributed by atoms with Crippen LogP contribution in [0.1, 0.15) is 33.6 Å². The summed E-state index contributed by atoms with van der Waals surface area (Å²) in [7, 11) is 0. The van der Waals surface area contributed by atoms with Gasteiger partial charge in [0.2, 0.25) is 0 Å². The summed E-state index contributed by atoms with van der Waals surface area (Å²) in [6.07, 6.45) is 3.12. The summed E-state index contributed by atoms with van der Waals surface area (Å²) < 4.78 is 5.73. The van der Waals surface area contributed by atoms with Crippen molar-refractivity contribution in [3.63, 3.8) is 0 Å². The van der Waals surface area contributed by atoms with Crippen LogP contribution in [-0.2, 0) is 4.74 Å². The number of piperidine rings is 1. The Morgan fingerprint density at radius 1 is 1.33 bits per heavy atom. The minimum Gasteiger partial charge on any atom is -0.375 e. The van der Waals surface area contributed by atoms with Gasteiger partial charge in [-0.25, -0.2) is 0 Å². The van der Waals surface area contributed by atoms with E-state index in [1.165, 1.54) is 12.8 Å². The number of nitrogens with zero attached hydrogens (tertiary/aromatic N) is 1. The lowest BCUT2D eigenvalue weighted by molar-refractivity contribution is -0.148. The topological polar surface area (TPSA) is 12.5 Å². The predicted molar refractivity (Wildman–Crippen MR) is 49.2 cm³/mol. The monoisotopic (exact) mass is 169 g/mol. The molecule has 3 atom stereocenters. The summed E-state index contributed by atoms with van der Waals surface area (Å²) in [5, 5.41) is 0. The summed E-state index contributed by atoms with van der Waals surface area (Å²) in [5.41, 5.74) is 0. The molecule has 0 aromatic carbocycles. The Kier molecular flexibility index (Phi) is 2.13. The van der Waals surface area contributed by atoms with E-state index in [4.69, 9.17) is 4.74 Å². The quantitative estimate of drug-likeness (QED) is 0.592. The number of ether oxygens (including phenoxy) is 1. The van der Waals surface area contributed by atoms with Gasteiger partial charge in [0.25, 0.3) is 0 Å². The van der Waals surface area contributed by atoms with Crippen LogP contribution in [0.4, 0.5) is 0 Å². The molecule has 2 heteroatoms. The lowest BCUT2D eigenvalue weighted by atomic mass is 9.90. The van der Waals surface area contributed by atoms with E-state index >= 15 is 0 Å². The van der Waals surface area contributed by atoms with Crippen molar-refractivity contribution in [2.45, 2.75) is 57.8 Å². The molecule has 12 heavy (non-hydrogen) atoms. The van der Waals surface area contributed by atoms with Crippen molar-refractivity contribution < 1.29 is 4.74 Å². The fourth-order valence-corrected chi connectivity index (χ4v) is 2.79. The fraction of sp³-hybridized carbons (Fsp3) is 1.00. The van der Waals surface area contributed by atoms with E-state index in [0.29, 0.717) is 24.2 Å². The minimum atomic E-state index is 0.511. The zero-order valence-electron chi connectivity index (χ0n) is 8.29. The molecule has 0 aromatic heterocycles.